The van der Waals surface area contributed by atoms with Gasteiger partial charge in [-0.25, -0.2) is 4.98 Å². The van der Waals surface area contributed by atoms with Crippen LogP contribution in [0.1, 0.15) is 17.6 Å². The maximum atomic E-state index is 9.89. The van der Waals surface area contributed by atoms with E-state index >= 15 is 0 Å². The minimum atomic E-state index is -0.625. The van der Waals surface area contributed by atoms with E-state index in [0.29, 0.717) is 12.2 Å². The first-order valence-corrected chi connectivity index (χ1v) is 5.83. The summed E-state index contributed by atoms with van der Waals surface area (Å²) in [7, 11) is 0. The molecule has 0 fully saturated rings. The summed E-state index contributed by atoms with van der Waals surface area (Å²) in [6.45, 7) is 0. The lowest BCUT2D eigenvalue weighted by atomic mass is 10.1. The first kappa shape index (κ1) is 9.62. The van der Waals surface area contributed by atoms with Crippen LogP contribution in [0, 0.1) is 0 Å². The molecule has 0 saturated carbocycles. The number of fused-ring (bicyclic) bond motifs is 1. The van der Waals surface area contributed by atoms with E-state index in [1.165, 1.54) is 0 Å². The molecule has 4 nitrogen and oxygen atoms in total. The van der Waals surface area contributed by atoms with Crippen molar-refractivity contribution in [1.82, 2.24) is 9.38 Å². The molecule has 16 heavy (non-hydrogen) atoms. The number of aliphatic hydroxyl groups is 1. The van der Waals surface area contributed by atoms with E-state index in [0.717, 1.165) is 10.7 Å². The number of furan rings is 1. The topological polar surface area (TPSA) is 50.7 Å². The highest BCUT2D eigenvalue weighted by Gasteiger charge is 2.13. The molecule has 3 heterocycles. The first-order valence-electron chi connectivity index (χ1n) is 4.95. The molecule has 0 spiro atoms. The van der Waals surface area contributed by atoms with Crippen molar-refractivity contribution in [3.05, 3.63) is 47.6 Å². The van der Waals surface area contributed by atoms with Gasteiger partial charge in [0.15, 0.2) is 4.96 Å². The van der Waals surface area contributed by atoms with E-state index in [1.807, 2.05) is 22.2 Å². The second-order valence-electron chi connectivity index (χ2n) is 3.56. The highest BCUT2D eigenvalue weighted by molar-refractivity contribution is 7.15. The van der Waals surface area contributed by atoms with Crippen molar-refractivity contribution in [2.75, 3.05) is 0 Å². The zero-order chi connectivity index (χ0) is 11.0. The number of hydrogen-bond acceptors (Lipinski definition) is 4. The predicted molar refractivity (Wildman–Crippen MR) is 60.4 cm³/mol. The SMILES string of the molecule is OC(Cc1cn2ccsc2n1)c1ccco1. The molecule has 3 rings (SSSR count). The Bertz CT molecular complexity index is 553. The number of hydrogen-bond donors (Lipinski definition) is 1. The molecule has 1 unspecified atom stereocenters. The van der Waals surface area contributed by atoms with Gasteiger partial charge in [0.25, 0.3) is 0 Å². The summed E-state index contributed by atoms with van der Waals surface area (Å²) in [4.78, 5) is 5.35. The van der Waals surface area contributed by atoms with Crippen molar-refractivity contribution in [3.8, 4) is 0 Å². The monoisotopic (exact) mass is 234 g/mol. The molecule has 1 N–H and O–H groups in total. The fourth-order valence-corrected chi connectivity index (χ4v) is 2.37. The standard InChI is InChI=1S/C11H10N2O2S/c14-9(10-2-1-4-15-10)6-8-7-13-3-5-16-11(13)12-8/h1-5,7,9,14H,6H2. The predicted octanol–water partition coefficient (Wildman–Crippen LogP) is 2.26. The summed E-state index contributed by atoms with van der Waals surface area (Å²) in [6, 6.07) is 3.54. The van der Waals surface area contributed by atoms with Gasteiger partial charge in [0.05, 0.1) is 12.0 Å². The molecule has 0 aliphatic carbocycles. The molecule has 0 amide bonds. The van der Waals surface area contributed by atoms with Gasteiger partial charge in [-0.3, -0.25) is 4.40 Å². The van der Waals surface area contributed by atoms with Crippen LogP contribution < -0.4 is 0 Å². The van der Waals surface area contributed by atoms with Gasteiger partial charge in [-0.2, -0.15) is 0 Å². The number of imidazole rings is 1. The fourth-order valence-electron chi connectivity index (χ4n) is 1.65. The molecule has 0 bridgehead atoms. The maximum absolute atomic E-state index is 9.89. The van der Waals surface area contributed by atoms with E-state index in [1.54, 1.807) is 29.7 Å². The lowest BCUT2D eigenvalue weighted by Gasteiger charge is -2.04. The molecule has 0 saturated heterocycles. The molecule has 5 heteroatoms. The Labute approximate surface area is 95.8 Å². The third-order valence-corrected chi connectivity index (χ3v) is 3.19. The van der Waals surface area contributed by atoms with Gasteiger partial charge in [0.1, 0.15) is 11.9 Å². The number of aliphatic hydroxyl groups excluding tert-OH is 1. The van der Waals surface area contributed by atoms with Gasteiger partial charge < -0.3 is 9.52 Å². The van der Waals surface area contributed by atoms with E-state index in [4.69, 9.17) is 4.42 Å². The number of rotatable bonds is 3. The normalized spacial score (nSPS) is 13.3. The highest BCUT2D eigenvalue weighted by atomic mass is 32.1. The summed E-state index contributed by atoms with van der Waals surface area (Å²) in [5.74, 6) is 0.580. The van der Waals surface area contributed by atoms with Crippen molar-refractivity contribution in [1.29, 1.82) is 0 Å². The molecule has 0 radical (unpaired) electrons. The Morgan fingerprint density at radius 1 is 1.56 bits per heavy atom. The van der Waals surface area contributed by atoms with Crippen LogP contribution in [0.4, 0.5) is 0 Å². The van der Waals surface area contributed by atoms with Crippen molar-refractivity contribution in [2.24, 2.45) is 0 Å². The quantitative estimate of drug-likeness (QED) is 0.756. The van der Waals surface area contributed by atoms with Crippen LogP contribution in [0.2, 0.25) is 0 Å². The summed E-state index contributed by atoms with van der Waals surface area (Å²) >= 11 is 1.58. The minimum Gasteiger partial charge on any atom is -0.467 e. The minimum absolute atomic E-state index is 0.474. The zero-order valence-electron chi connectivity index (χ0n) is 8.41. The van der Waals surface area contributed by atoms with Crippen LogP contribution in [0.3, 0.4) is 0 Å². The lowest BCUT2D eigenvalue weighted by Crippen LogP contribution is -2.00. The highest BCUT2D eigenvalue weighted by Crippen LogP contribution is 2.19. The molecule has 82 valence electrons. The van der Waals surface area contributed by atoms with E-state index < -0.39 is 6.10 Å². The summed E-state index contributed by atoms with van der Waals surface area (Å²) < 4.78 is 7.09. The Morgan fingerprint density at radius 2 is 2.50 bits per heavy atom. The smallest absolute Gasteiger partial charge is 0.193 e. The lowest BCUT2D eigenvalue weighted by molar-refractivity contribution is 0.149. The molecular weight excluding hydrogens is 224 g/mol. The fraction of sp³-hybridized carbons (Fsp3) is 0.182. The summed E-state index contributed by atoms with van der Waals surface area (Å²) in [5.41, 5.74) is 0.871. The van der Waals surface area contributed by atoms with Gasteiger partial charge in [0.2, 0.25) is 0 Å². The Kier molecular flexibility index (Phi) is 2.27. The number of thiazole rings is 1. The van der Waals surface area contributed by atoms with Crippen LogP contribution in [-0.4, -0.2) is 14.5 Å². The summed E-state index contributed by atoms with van der Waals surface area (Å²) in [5, 5.41) is 11.9. The van der Waals surface area contributed by atoms with Gasteiger partial charge in [0, 0.05) is 24.2 Å². The van der Waals surface area contributed by atoms with Gasteiger partial charge in [-0.05, 0) is 12.1 Å². The Balaban J connectivity index is 1.82. The van der Waals surface area contributed by atoms with Crippen molar-refractivity contribution in [3.63, 3.8) is 0 Å². The van der Waals surface area contributed by atoms with Crippen LogP contribution >= 0.6 is 11.3 Å². The largest absolute Gasteiger partial charge is 0.467 e. The molecule has 0 aliphatic rings. The average Bonchev–Trinajstić information content (AvgIpc) is 2.91. The van der Waals surface area contributed by atoms with Gasteiger partial charge >= 0.3 is 0 Å². The third kappa shape index (κ3) is 1.64. The zero-order valence-corrected chi connectivity index (χ0v) is 9.22. The molecule has 3 aromatic heterocycles. The van der Waals surface area contributed by atoms with E-state index in [2.05, 4.69) is 4.98 Å². The molecule has 0 aliphatic heterocycles. The third-order valence-electron chi connectivity index (χ3n) is 2.42. The van der Waals surface area contributed by atoms with Crippen molar-refractivity contribution < 1.29 is 9.52 Å². The van der Waals surface area contributed by atoms with Gasteiger partial charge in [-0.1, -0.05) is 0 Å². The first-order chi connectivity index (χ1) is 7.83. The second-order valence-corrected chi connectivity index (χ2v) is 4.43. The number of nitrogens with zero attached hydrogens (tertiary/aromatic N) is 2. The molecule has 1 atom stereocenters. The van der Waals surface area contributed by atoms with Gasteiger partial charge in [-0.15, -0.1) is 11.3 Å². The average molecular weight is 234 g/mol. The van der Waals surface area contributed by atoms with Crippen LogP contribution in [-0.2, 0) is 6.42 Å². The summed E-state index contributed by atoms with van der Waals surface area (Å²) in [6.07, 6.45) is 5.29. The van der Waals surface area contributed by atoms with Crippen molar-refractivity contribution >= 4 is 16.3 Å². The van der Waals surface area contributed by atoms with Crippen LogP contribution in [0.5, 0.6) is 0 Å². The van der Waals surface area contributed by atoms with Crippen LogP contribution in [0.15, 0.2) is 40.6 Å². The van der Waals surface area contributed by atoms with Crippen LogP contribution in [0.25, 0.3) is 4.96 Å². The van der Waals surface area contributed by atoms with E-state index in [9.17, 15) is 5.11 Å². The Morgan fingerprint density at radius 3 is 3.25 bits per heavy atom. The van der Waals surface area contributed by atoms with E-state index in [-0.39, 0.29) is 0 Å². The molecule has 0 aromatic carbocycles. The second kappa shape index (κ2) is 3.77. The van der Waals surface area contributed by atoms with Crippen molar-refractivity contribution in [2.45, 2.75) is 12.5 Å². The number of aromatic nitrogens is 2. The maximum Gasteiger partial charge on any atom is 0.193 e. The Hall–Kier alpha value is -1.59. The molecular formula is C11H10N2O2S. The molecule has 3 aromatic rings.